The summed E-state index contributed by atoms with van der Waals surface area (Å²) in [6.45, 7) is 11.1. The maximum absolute atomic E-state index is 14.4. The normalized spacial score (nSPS) is 16.4. The molecule has 0 saturated carbocycles. The fourth-order valence-corrected chi connectivity index (χ4v) is 6.73. The number of nitrogens with zero attached hydrogens (tertiary/aromatic N) is 3. The number of carbonyl (C=O) groups excluding carboxylic acids is 3. The molecule has 10 nitrogen and oxygen atoms in total. The van der Waals surface area contributed by atoms with Crippen molar-refractivity contribution in [2.45, 2.75) is 38.8 Å². The van der Waals surface area contributed by atoms with Gasteiger partial charge in [0.05, 0.1) is 49.8 Å². The quantitative estimate of drug-likeness (QED) is 0.0744. The molecule has 2 atom stereocenters. The lowest BCUT2D eigenvalue weighted by Gasteiger charge is -2.39. The molecule has 1 N–H and O–H groups in total. The molecule has 49 heavy (non-hydrogen) atoms. The molecule has 2 aliphatic heterocycles. The van der Waals surface area contributed by atoms with E-state index >= 15 is 0 Å². The van der Waals surface area contributed by atoms with Crippen molar-refractivity contribution in [1.82, 2.24) is 15.1 Å². The third-order valence-electron chi connectivity index (χ3n) is 9.59. The van der Waals surface area contributed by atoms with Gasteiger partial charge >= 0.3 is 0 Å². The van der Waals surface area contributed by atoms with Crippen LogP contribution in [0.25, 0.3) is 0 Å². The van der Waals surface area contributed by atoms with Crippen LogP contribution in [0.15, 0.2) is 90.7 Å². The number of allylic oxidation sites excluding steroid dienone is 1. The monoisotopic (exact) mass is 666 g/mol. The van der Waals surface area contributed by atoms with Gasteiger partial charge in [-0.05, 0) is 62.1 Å². The smallest absolute Gasteiger partial charge is 0.264 e. The molecule has 3 amide bonds. The molecule has 3 aromatic rings. The molecule has 2 aliphatic rings. The van der Waals surface area contributed by atoms with Crippen molar-refractivity contribution in [2.24, 2.45) is 0 Å². The highest BCUT2D eigenvalue weighted by Gasteiger charge is 2.43. The SMILES string of the molecule is C=C/C(C(=O)NCCC[C@H](c1ccc(OC)c(OC)c1)N1C(=O)c2cccc(N3CCN([C@H](C)c4ccccc4)CC3)c2C1=O)=C(/C)OC. The molecule has 2 heterocycles. The Labute approximate surface area is 288 Å². The zero-order valence-corrected chi connectivity index (χ0v) is 29.0. The minimum atomic E-state index is -0.615. The first-order chi connectivity index (χ1) is 23.7. The average molecular weight is 667 g/mol. The van der Waals surface area contributed by atoms with Gasteiger partial charge in [-0.15, -0.1) is 0 Å². The summed E-state index contributed by atoms with van der Waals surface area (Å²) < 4.78 is 16.2. The van der Waals surface area contributed by atoms with Crippen molar-refractivity contribution in [3.63, 3.8) is 0 Å². The molecule has 0 aliphatic carbocycles. The maximum atomic E-state index is 14.4. The second-order valence-electron chi connectivity index (χ2n) is 12.2. The number of benzene rings is 3. The number of methoxy groups -OCH3 is 3. The number of fused-ring (bicyclic) bond motifs is 1. The van der Waals surface area contributed by atoms with E-state index in [9.17, 15) is 14.4 Å². The number of rotatable bonds is 14. The van der Waals surface area contributed by atoms with Crippen LogP contribution in [-0.2, 0) is 9.53 Å². The summed E-state index contributed by atoms with van der Waals surface area (Å²) in [5, 5.41) is 2.91. The third kappa shape index (κ3) is 7.34. The summed E-state index contributed by atoms with van der Waals surface area (Å²) in [5.41, 5.74) is 3.97. The maximum Gasteiger partial charge on any atom is 0.264 e. The molecule has 0 spiro atoms. The van der Waals surface area contributed by atoms with Gasteiger partial charge in [0.1, 0.15) is 5.76 Å². The molecule has 0 unspecified atom stereocenters. The highest BCUT2D eigenvalue weighted by Crippen LogP contribution is 2.40. The number of anilines is 1. The Kier molecular flexibility index (Phi) is 11.4. The fraction of sp³-hybridized carbons (Fsp3) is 0.359. The van der Waals surface area contributed by atoms with Crippen LogP contribution in [0.5, 0.6) is 11.5 Å². The lowest BCUT2D eigenvalue weighted by molar-refractivity contribution is -0.117. The summed E-state index contributed by atoms with van der Waals surface area (Å²) >= 11 is 0. The van der Waals surface area contributed by atoms with Gasteiger partial charge in [-0.1, -0.05) is 55.1 Å². The predicted octanol–water partition coefficient (Wildman–Crippen LogP) is 5.93. The molecule has 5 rings (SSSR count). The van der Waals surface area contributed by atoms with E-state index in [1.165, 1.54) is 23.6 Å². The summed E-state index contributed by atoms with van der Waals surface area (Å²) in [6.07, 6.45) is 2.35. The molecular formula is C39H46N4O6. The Morgan fingerprint density at radius 1 is 0.898 bits per heavy atom. The average Bonchev–Trinajstić information content (AvgIpc) is 3.40. The summed E-state index contributed by atoms with van der Waals surface area (Å²) in [5.74, 6) is 0.529. The summed E-state index contributed by atoms with van der Waals surface area (Å²) in [7, 11) is 4.61. The number of nitrogens with one attached hydrogen (secondary N) is 1. The lowest BCUT2D eigenvalue weighted by atomic mass is 9.99. The van der Waals surface area contributed by atoms with Crippen molar-refractivity contribution in [3.8, 4) is 11.5 Å². The van der Waals surface area contributed by atoms with Crippen LogP contribution >= 0.6 is 0 Å². The summed E-state index contributed by atoms with van der Waals surface area (Å²) in [4.78, 5) is 47.4. The molecule has 0 bridgehead atoms. The van der Waals surface area contributed by atoms with Crippen LogP contribution in [0.3, 0.4) is 0 Å². The number of carbonyl (C=O) groups is 3. The van der Waals surface area contributed by atoms with Crippen molar-refractivity contribution in [2.75, 3.05) is 59.0 Å². The topological polar surface area (TPSA) is 101 Å². The van der Waals surface area contributed by atoms with Gasteiger partial charge in [0, 0.05) is 38.8 Å². The van der Waals surface area contributed by atoms with Crippen LogP contribution in [0.1, 0.15) is 70.6 Å². The zero-order valence-electron chi connectivity index (χ0n) is 29.0. The number of amides is 3. The Morgan fingerprint density at radius 3 is 2.27 bits per heavy atom. The standard InChI is InChI=1S/C39H46N4O6/c1-7-30(27(3)47-4)37(44)40-20-12-17-32(29-18-19-34(48-5)35(25-29)49-6)43-38(45)31-15-11-16-33(36(31)39(43)46)42-23-21-41(22-24-42)26(2)28-13-9-8-10-14-28/h7-11,13-16,18-19,25-26,32H,1,12,17,20-24H2,2-6H3,(H,40,44)/b30-27+/t26-,32-/m1/s1. The Hall–Kier alpha value is -5.09. The van der Waals surface area contributed by atoms with Gasteiger partial charge in [0.2, 0.25) is 0 Å². The van der Waals surface area contributed by atoms with Gasteiger partial charge in [-0.25, -0.2) is 0 Å². The molecule has 0 radical (unpaired) electrons. The van der Waals surface area contributed by atoms with Crippen LogP contribution in [0, 0.1) is 0 Å². The number of piperazine rings is 1. The summed E-state index contributed by atoms with van der Waals surface area (Å²) in [6, 6.07) is 21.1. The molecule has 10 heteroatoms. The van der Waals surface area contributed by atoms with Gasteiger partial charge in [0.15, 0.2) is 11.5 Å². The molecule has 0 aromatic heterocycles. The second-order valence-corrected chi connectivity index (χ2v) is 12.2. The zero-order chi connectivity index (χ0) is 35.1. The number of hydrogen-bond acceptors (Lipinski definition) is 8. The van der Waals surface area contributed by atoms with Crippen LogP contribution in [0.2, 0.25) is 0 Å². The fourth-order valence-electron chi connectivity index (χ4n) is 6.73. The first-order valence-corrected chi connectivity index (χ1v) is 16.7. The number of imide groups is 1. The second kappa shape index (κ2) is 15.9. The van der Waals surface area contributed by atoms with Crippen LogP contribution in [0.4, 0.5) is 5.69 Å². The highest BCUT2D eigenvalue weighted by molar-refractivity contribution is 6.24. The van der Waals surface area contributed by atoms with E-state index in [1.807, 2.05) is 24.3 Å². The lowest BCUT2D eigenvalue weighted by Crippen LogP contribution is -2.47. The third-order valence-corrected chi connectivity index (χ3v) is 9.59. The Balaban J connectivity index is 1.38. The van der Waals surface area contributed by atoms with Gasteiger partial charge < -0.3 is 24.4 Å². The molecular weight excluding hydrogens is 620 g/mol. The number of ether oxygens (including phenoxy) is 3. The van der Waals surface area contributed by atoms with Crippen molar-refractivity contribution < 1.29 is 28.6 Å². The molecule has 258 valence electrons. The minimum Gasteiger partial charge on any atom is -0.501 e. The van der Waals surface area contributed by atoms with Crippen molar-refractivity contribution >= 4 is 23.4 Å². The van der Waals surface area contributed by atoms with E-state index in [1.54, 1.807) is 39.3 Å². The van der Waals surface area contributed by atoms with Crippen LogP contribution < -0.4 is 19.7 Å². The largest absolute Gasteiger partial charge is 0.501 e. The van der Waals surface area contributed by atoms with Crippen molar-refractivity contribution in [3.05, 3.63) is 113 Å². The molecule has 1 fully saturated rings. The van der Waals surface area contributed by atoms with Gasteiger partial charge in [0.25, 0.3) is 17.7 Å². The first-order valence-electron chi connectivity index (χ1n) is 16.7. The predicted molar refractivity (Wildman–Crippen MR) is 190 cm³/mol. The van der Waals surface area contributed by atoms with Gasteiger partial charge in [-0.2, -0.15) is 0 Å². The molecule has 3 aromatic carbocycles. The number of hydrogen-bond donors (Lipinski definition) is 1. The van der Waals surface area contributed by atoms with E-state index in [0.29, 0.717) is 53.3 Å². The Bertz CT molecular complexity index is 1710. The Morgan fingerprint density at radius 2 is 1.61 bits per heavy atom. The van der Waals surface area contributed by atoms with Gasteiger partial charge in [-0.3, -0.25) is 24.2 Å². The van der Waals surface area contributed by atoms with E-state index in [2.05, 4.69) is 52.9 Å². The van der Waals surface area contributed by atoms with E-state index in [0.717, 1.165) is 37.4 Å². The first kappa shape index (κ1) is 35.2. The molecule has 1 saturated heterocycles. The van der Waals surface area contributed by atoms with Crippen LogP contribution in [-0.4, -0.2) is 81.6 Å². The van der Waals surface area contributed by atoms with E-state index in [4.69, 9.17) is 14.2 Å². The minimum absolute atomic E-state index is 0.277. The van der Waals surface area contributed by atoms with E-state index < -0.39 is 6.04 Å². The van der Waals surface area contributed by atoms with Crippen molar-refractivity contribution in [1.29, 1.82) is 0 Å². The highest BCUT2D eigenvalue weighted by atomic mass is 16.5. The van der Waals surface area contributed by atoms with E-state index in [-0.39, 0.29) is 23.8 Å².